The smallest absolute Gasteiger partial charge is 0.182 e. The normalized spacial score (nSPS) is 11.9. The number of carbonyl (C=O) groups excluding carboxylic acids is 1. The van der Waals surface area contributed by atoms with Gasteiger partial charge in [-0.25, -0.2) is 0 Å². The summed E-state index contributed by atoms with van der Waals surface area (Å²) in [6, 6.07) is 7.83. The quantitative estimate of drug-likeness (QED) is 0.727. The van der Waals surface area contributed by atoms with Gasteiger partial charge in [0.05, 0.1) is 5.54 Å². The summed E-state index contributed by atoms with van der Waals surface area (Å²) >= 11 is 0. The first-order chi connectivity index (χ1) is 7.93. The van der Waals surface area contributed by atoms with Gasteiger partial charge in [0.1, 0.15) is 0 Å². The van der Waals surface area contributed by atoms with E-state index in [1.54, 1.807) is 0 Å². The second-order valence-electron chi connectivity index (χ2n) is 4.93. The van der Waals surface area contributed by atoms with Crippen molar-refractivity contribution in [3.63, 3.8) is 0 Å². The molecule has 17 heavy (non-hydrogen) atoms. The maximum absolute atomic E-state index is 12.5. The molecule has 0 N–H and O–H groups in total. The van der Waals surface area contributed by atoms with Gasteiger partial charge in [-0.2, -0.15) is 0 Å². The number of carbonyl (C=O) groups is 1. The Morgan fingerprint density at radius 1 is 1.24 bits per heavy atom. The molecule has 0 heterocycles. The number of benzene rings is 1. The number of rotatable bonds is 5. The summed E-state index contributed by atoms with van der Waals surface area (Å²) in [5.41, 5.74) is 1.50. The monoisotopic (exact) mass is 233 g/mol. The number of hydrogen-bond acceptors (Lipinski definition) is 2. The lowest BCUT2D eigenvalue weighted by molar-refractivity contribution is 0.0668. The molecule has 2 heteroatoms. The zero-order valence-electron chi connectivity index (χ0n) is 11.6. The van der Waals surface area contributed by atoms with E-state index in [0.29, 0.717) is 0 Å². The summed E-state index contributed by atoms with van der Waals surface area (Å²) in [5, 5.41) is 0. The van der Waals surface area contributed by atoms with Crippen LogP contribution in [0.1, 0.15) is 43.6 Å². The van der Waals surface area contributed by atoms with E-state index < -0.39 is 5.54 Å². The van der Waals surface area contributed by atoms with Gasteiger partial charge < -0.3 is 0 Å². The van der Waals surface area contributed by atoms with Crippen LogP contribution in [0.4, 0.5) is 0 Å². The molecule has 0 amide bonds. The van der Waals surface area contributed by atoms with Gasteiger partial charge in [-0.1, -0.05) is 37.6 Å². The third kappa shape index (κ3) is 2.95. The molecule has 0 unspecified atom stereocenters. The highest BCUT2D eigenvalue weighted by Gasteiger charge is 2.33. The number of Topliss-reactive ketones (excluding diaryl/α,β-unsaturated/α-hetero) is 1. The lowest BCUT2D eigenvalue weighted by Gasteiger charge is -2.35. The highest BCUT2D eigenvalue weighted by atomic mass is 16.1. The van der Waals surface area contributed by atoms with E-state index in [9.17, 15) is 4.79 Å². The lowest BCUT2D eigenvalue weighted by Crippen LogP contribution is -2.49. The van der Waals surface area contributed by atoms with Gasteiger partial charge in [0.15, 0.2) is 5.78 Å². The summed E-state index contributed by atoms with van der Waals surface area (Å²) < 4.78 is 0. The Hall–Kier alpha value is -1.15. The van der Waals surface area contributed by atoms with Crippen LogP contribution < -0.4 is 0 Å². The van der Waals surface area contributed by atoms with E-state index in [-0.39, 0.29) is 5.78 Å². The minimum absolute atomic E-state index is 0.199. The largest absolute Gasteiger partial charge is 0.292 e. The van der Waals surface area contributed by atoms with Crippen molar-refractivity contribution in [3.05, 3.63) is 35.4 Å². The number of hydrogen-bond donors (Lipinski definition) is 0. The van der Waals surface area contributed by atoms with Crippen molar-refractivity contribution in [2.24, 2.45) is 0 Å². The van der Waals surface area contributed by atoms with E-state index in [1.807, 2.05) is 45.0 Å². The molecule has 1 aromatic carbocycles. The Bertz CT molecular complexity index is 392. The number of likely N-dealkylation sites (N-methyl/N-ethyl adjacent to an activating group) is 1. The maximum Gasteiger partial charge on any atom is 0.182 e. The topological polar surface area (TPSA) is 20.3 Å². The Balaban J connectivity index is 3.03. The molecule has 0 atom stereocenters. The molecular weight excluding hydrogens is 210 g/mol. The predicted octanol–water partition coefficient (Wildman–Crippen LogP) is 3.30. The average Bonchev–Trinajstić information content (AvgIpc) is 2.29. The number of nitrogens with zero attached hydrogens (tertiary/aromatic N) is 1. The molecule has 0 radical (unpaired) electrons. The van der Waals surface area contributed by atoms with Crippen LogP contribution in [-0.4, -0.2) is 29.3 Å². The minimum atomic E-state index is -0.433. The number of ketones is 1. The van der Waals surface area contributed by atoms with E-state index in [0.717, 1.165) is 24.2 Å². The molecule has 0 aromatic heterocycles. The SMILES string of the molecule is CCN(CC)C(C)(C)C(=O)c1cccc(C)c1. The van der Waals surface area contributed by atoms with Gasteiger partial charge >= 0.3 is 0 Å². The first kappa shape index (κ1) is 13.9. The first-order valence-corrected chi connectivity index (χ1v) is 6.30. The summed E-state index contributed by atoms with van der Waals surface area (Å²) in [6.07, 6.45) is 0. The Morgan fingerprint density at radius 3 is 2.29 bits per heavy atom. The van der Waals surface area contributed by atoms with Crippen molar-refractivity contribution >= 4 is 5.78 Å². The summed E-state index contributed by atoms with van der Waals surface area (Å²) in [5.74, 6) is 0.199. The lowest BCUT2D eigenvalue weighted by atomic mass is 9.90. The van der Waals surface area contributed by atoms with Crippen molar-refractivity contribution in [1.29, 1.82) is 0 Å². The van der Waals surface area contributed by atoms with Crippen molar-refractivity contribution < 1.29 is 4.79 Å². The fourth-order valence-electron chi connectivity index (χ4n) is 2.30. The van der Waals surface area contributed by atoms with Gasteiger partial charge in [0.25, 0.3) is 0 Å². The zero-order chi connectivity index (χ0) is 13.1. The van der Waals surface area contributed by atoms with E-state index in [4.69, 9.17) is 0 Å². The van der Waals surface area contributed by atoms with Crippen molar-refractivity contribution in [3.8, 4) is 0 Å². The van der Waals surface area contributed by atoms with Crippen LogP contribution in [0.3, 0.4) is 0 Å². The third-order valence-electron chi connectivity index (χ3n) is 3.39. The highest BCUT2D eigenvalue weighted by Crippen LogP contribution is 2.20. The standard InChI is InChI=1S/C15H23NO/c1-6-16(7-2)15(4,5)14(17)13-10-8-9-12(3)11-13/h8-11H,6-7H2,1-5H3. The van der Waals surface area contributed by atoms with Crippen LogP contribution in [0.5, 0.6) is 0 Å². The molecule has 2 nitrogen and oxygen atoms in total. The van der Waals surface area contributed by atoms with Gasteiger partial charge in [-0.3, -0.25) is 9.69 Å². The third-order valence-corrected chi connectivity index (χ3v) is 3.39. The van der Waals surface area contributed by atoms with Crippen molar-refractivity contribution in [1.82, 2.24) is 4.90 Å². The van der Waals surface area contributed by atoms with Crippen molar-refractivity contribution in [2.45, 2.75) is 40.2 Å². The average molecular weight is 233 g/mol. The molecule has 0 aliphatic heterocycles. The molecule has 0 spiro atoms. The van der Waals surface area contributed by atoms with Crippen LogP contribution in [0.25, 0.3) is 0 Å². The van der Waals surface area contributed by atoms with Crippen LogP contribution in [0.15, 0.2) is 24.3 Å². The second kappa shape index (κ2) is 5.46. The van der Waals surface area contributed by atoms with Gasteiger partial charge in [-0.05, 0) is 39.9 Å². The zero-order valence-corrected chi connectivity index (χ0v) is 11.6. The van der Waals surface area contributed by atoms with Gasteiger partial charge in [0.2, 0.25) is 0 Å². The van der Waals surface area contributed by atoms with E-state index in [2.05, 4.69) is 18.7 Å². The Morgan fingerprint density at radius 2 is 1.82 bits per heavy atom. The summed E-state index contributed by atoms with van der Waals surface area (Å²) in [7, 11) is 0. The Kier molecular flexibility index (Phi) is 4.47. The summed E-state index contributed by atoms with van der Waals surface area (Å²) in [4.78, 5) is 14.7. The first-order valence-electron chi connectivity index (χ1n) is 6.30. The van der Waals surface area contributed by atoms with Crippen molar-refractivity contribution in [2.75, 3.05) is 13.1 Å². The molecule has 0 aliphatic rings. The molecular formula is C15H23NO. The molecule has 0 saturated carbocycles. The minimum Gasteiger partial charge on any atom is -0.292 e. The van der Waals surface area contributed by atoms with Crippen LogP contribution >= 0.6 is 0 Å². The molecule has 1 aromatic rings. The number of aryl methyl sites for hydroxylation is 1. The molecule has 0 aliphatic carbocycles. The Labute approximate surface area is 105 Å². The molecule has 0 bridgehead atoms. The van der Waals surface area contributed by atoms with E-state index in [1.165, 1.54) is 0 Å². The molecule has 1 rings (SSSR count). The fraction of sp³-hybridized carbons (Fsp3) is 0.533. The van der Waals surface area contributed by atoms with Gasteiger partial charge in [0, 0.05) is 5.56 Å². The summed E-state index contributed by atoms with van der Waals surface area (Å²) in [6.45, 7) is 12.0. The fourth-order valence-corrected chi connectivity index (χ4v) is 2.30. The molecule has 94 valence electrons. The maximum atomic E-state index is 12.5. The van der Waals surface area contributed by atoms with E-state index >= 15 is 0 Å². The molecule has 0 fully saturated rings. The predicted molar refractivity (Wildman–Crippen MR) is 72.5 cm³/mol. The van der Waals surface area contributed by atoms with Crippen LogP contribution in [-0.2, 0) is 0 Å². The molecule has 0 saturated heterocycles. The van der Waals surface area contributed by atoms with Crippen LogP contribution in [0, 0.1) is 6.92 Å². The van der Waals surface area contributed by atoms with Crippen LogP contribution in [0.2, 0.25) is 0 Å². The second-order valence-corrected chi connectivity index (χ2v) is 4.93. The van der Waals surface area contributed by atoms with Gasteiger partial charge in [-0.15, -0.1) is 0 Å². The highest BCUT2D eigenvalue weighted by molar-refractivity contribution is 6.02.